The number of carbonyl (C=O) groups excluding carboxylic acids is 2. The molecule has 4 rings (SSSR count). The number of hydrogen-bond acceptors (Lipinski definition) is 5. The van der Waals surface area contributed by atoms with E-state index in [9.17, 15) is 14.4 Å². The molecule has 1 aromatic heterocycles. The second kappa shape index (κ2) is 10.5. The number of piperidine rings is 2. The molecule has 0 spiro atoms. The predicted molar refractivity (Wildman–Crippen MR) is 127 cm³/mol. The van der Waals surface area contributed by atoms with E-state index in [-0.39, 0.29) is 36.1 Å². The third-order valence-electron chi connectivity index (χ3n) is 6.55. The molecule has 0 aliphatic carbocycles. The molecule has 0 unspecified atom stereocenters. The number of amides is 2. The van der Waals surface area contributed by atoms with Gasteiger partial charge in [0, 0.05) is 39.1 Å². The van der Waals surface area contributed by atoms with Crippen LogP contribution in [-0.4, -0.2) is 63.1 Å². The van der Waals surface area contributed by atoms with Crippen molar-refractivity contribution >= 4 is 34.5 Å². The van der Waals surface area contributed by atoms with Crippen molar-refractivity contribution in [1.29, 1.82) is 0 Å². The molecule has 0 radical (unpaired) electrons. The van der Waals surface area contributed by atoms with Crippen LogP contribution in [0.3, 0.4) is 0 Å². The van der Waals surface area contributed by atoms with E-state index in [1.165, 1.54) is 18.2 Å². The Labute approximate surface area is 193 Å². The first-order valence-corrected chi connectivity index (χ1v) is 12.7. The van der Waals surface area contributed by atoms with Crippen LogP contribution in [-0.2, 0) is 16.1 Å². The highest BCUT2D eigenvalue weighted by Crippen LogP contribution is 2.21. The van der Waals surface area contributed by atoms with E-state index in [0.717, 1.165) is 51.9 Å². The minimum absolute atomic E-state index is 0.0826. The molecule has 2 saturated heterocycles. The molecule has 2 aromatic rings. The molecule has 2 aliphatic heterocycles. The van der Waals surface area contributed by atoms with E-state index in [1.807, 2.05) is 28.0 Å². The Morgan fingerprint density at radius 1 is 1.00 bits per heavy atom. The lowest BCUT2D eigenvalue weighted by Gasteiger charge is -2.30. The average Bonchev–Trinajstić information content (AvgIpc) is 2.83. The fourth-order valence-corrected chi connectivity index (χ4v) is 5.37. The van der Waals surface area contributed by atoms with E-state index in [1.54, 1.807) is 10.6 Å². The van der Waals surface area contributed by atoms with Gasteiger partial charge < -0.3 is 9.80 Å². The number of likely N-dealkylation sites (tertiary alicyclic amines) is 2. The van der Waals surface area contributed by atoms with E-state index < -0.39 is 0 Å². The molecule has 8 heteroatoms. The number of benzene rings is 1. The SMILES string of the molecule is CC1CCN(C(=O)CSc2nc3ccccc3c(=O)n2CCC(=O)N2CCCCC2)CC1. The summed E-state index contributed by atoms with van der Waals surface area (Å²) in [6.45, 7) is 5.69. The van der Waals surface area contributed by atoms with E-state index in [4.69, 9.17) is 0 Å². The highest BCUT2D eigenvalue weighted by Gasteiger charge is 2.22. The highest BCUT2D eigenvalue weighted by atomic mass is 32.2. The lowest BCUT2D eigenvalue weighted by Crippen LogP contribution is -2.39. The van der Waals surface area contributed by atoms with E-state index >= 15 is 0 Å². The topological polar surface area (TPSA) is 75.5 Å². The van der Waals surface area contributed by atoms with E-state index in [0.29, 0.717) is 22.0 Å². The Hall–Kier alpha value is -2.35. The number of nitrogens with zero attached hydrogens (tertiary/aromatic N) is 4. The van der Waals surface area contributed by atoms with Gasteiger partial charge in [-0.05, 0) is 50.2 Å². The van der Waals surface area contributed by atoms with Crippen LogP contribution in [0, 0.1) is 5.92 Å². The minimum Gasteiger partial charge on any atom is -0.343 e. The molecule has 32 heavy (non-hydrogen) atoms. The van der Waals surface area contributed by atoms with Crippen LogP contribution in [0.25, 0.3) is 10.9 Å². The zero-order valence-corrected chi connectivity index (χ0v) is 19.6. The van der Waals surface area contributed by atoms with Crippen molar-refractivity contribution in [3.63, 3.8) is 0 Å². The summed E-state index contributed by atoms with van der Waals surface area (Å²) in [4.78, 5) is 47.1. The van der Waals surface area contributed by atoms with Gasteiger partial charge in [-0.15, -0.1) is 0 Å². The van der Waals surface area contributed by atoms with Crippen molar-refractivity contribution in [1.82, 2.24) is 19.4 Å². The van der Waals surface area contributed by atoms with Gasteiger partial charge in [0.1, 0.15) is 0 Å². The van der Waals surface area contributed by atoms with Crippen LogP contribution in [0.2, 0.25) is 0 Å². The second-order valence-corrected chi connectivity index (χ2v) is 9.85. The molecule has 0 bridgehead atoms. The first-order valence-electron chi connectivity index (χ1n) is 11.7. The molecule has 2 amide bonds. The highest BCUT2D eigenvalue weighted by molar-refractivity contribution is 7.99. The van der Waals surface area contributed by atoms with Crippen molar-refractivity contribution < 1.29 is 9.59 Å². The lowest BCUT2D eigenvalue weighted by atomic mass is 9.99. The smallest absolute Gasteiger partial charge is 0.262 e. The second-order valence-electron chi connectivity index (χ2n) is 8.91. The van der Waals surface area contributed by atoms with Gasteiger partial charge >= 0.3 is 0 Å². The molecular formula is C24H32N4O3S. The number of thioether (sulfide) groups is 1. The summed E-state index contributed by atoms with van der Waals surface area (Å²) in [7, 11) is 0. The van der Waals surface area contributed by atoms with Crippen LogP contribution >= 0.6 is 11.8 Å². The lowest BCUT2D eigenvalue weighted by molar-refractivity contribution is -0.132. The Bertz CT molecular complexity index is 1020. The summed E-state index contributed by atoms with van der Waals surface area (Å²) in [5.41, 5.74) is 0.474. The van der Waals surface area contributed by atoms with E-state index in [2.05, 4.69) is 11.9 Å². The first kappa shape index (κ1) is 22.8. The Morgan fingerprint density at radius 3 is 2.44 bits per heavy atom. The van der Waals surface area contributed by atoms with Gasteiger partial charge in [0.2, 0.25) is 11.8 Å². The summed E-state index contributed by atoms with van der Waals surface area (Å²) in [6.07, 6.45) is 5.60. The van der Waals surface area contributed by atoms with Gasteiger partial charge in [0.25, 0.3) is 5.56 Å². The van der Waals surface area contributed by atoms with Gasteiger partial charge in [-0.2, -0.15) is 0 Å². The molecule has 1 aromatic carbocycles. The summed E-state index contributed by atoms with van der Waals surface area (Å²) < 4.78 is 1.58. The maximum atomic E-state index is 13.2. The van der Waals surface area contributed by atoms with Crippen molar-refractivity contribution in [2.24, 2.45) is 5.92 Å². The molecule has 2 fully saturated rings. The molecule has 3 heterocycles. The third-order valence-corrected chi connectivity index (χ3v) is 7.51. The molecule has 0 N–H and O–H groups in total. The predicted octanol–water partition coefficient (Wildman–Crippen LogP) is 3.15. The fraction of sp³-hybridized carbons (Fsp3) is 0.583. The zero-order valence-electron chi connectivity index (χ0n) is 18.8. The van der Waals surface area contributed by atoms with Gasteiger partial charge in [-0.1, -0.05) is 30.8 Å². The first-order chi connectivity index (χ1) is 15.5. The van der Waals surface area contributed by atoms with Crippen LogP contribution in [0.4, 0.5) is 0 Å². The van der Waals surface area contributed by atoms with Gasteiger partial charge in [0.05, 0.1) is 16.7 Å². The minimum atomic E-state index is -0.149. The molecule has 0 atom stereocenters. The fourth-order valence-electron chi connectivity index (χ4n) is 4.44. The summed E-state index contributed by atoms with van der Waals surface area (Å²) >= 11 is 1.30. The van der Waals surface area contributed by atoms with Gasteiger partial charge in [-0.25, -0.2) is 4.98 Å². The molecule has 0 saturated carbocycles. The van der Waals surface area contributed by atoms with Crippen LogP contribution < -0.4 is 5.56 Å². The normalized spacial score (nSPS) is 17.7. The van der Waals surface area contributed by atoms with Gasteiger partial charge in [0.15, 0.2) is 5.16 Å². The number of fused-ring (bicyclic) bond motifs is 1. The van der Waals surface area contributed by atoms with Gasteiger partial charge in [-0.3, -0.25) is 19.0 Å². The summed E-state index contributed by atoms with van der Waals surface area (Å²) in [6, 6.07) is 7.26. The number of rotatable bonds is 6. The Morgan fingerprint density at radius 2 is 1.69 bits per heavy atom. The van der Waals surface area contributed by atoms with Crippen molar-refractivity contribution in [3.05, 3.63) is 34.6 Å². The molecular weight excluding hydrogens is 424 g/mol. The largest absolute Gasteiger partial charge is 0.343 e. The maximum absolute atomic E-state index is 13.2. The Balaban J connectivity index is 1.50. The number of para-hydroxylation sites is 1. The standard InChI is InChI=1S/C24H32N4O3S/c1-18-9-14-27(15-10-18)22(30)17-32-24-25-20-8-4-3-7-19(20)23(31)28(24)16-11-21(29)26-12-5-2-6-13-26/h3-4,7-8,18H,2,5-6,9-17H2,1H3. The van der Waals surface area contributed by atoms with Crippen molar-refractivity contribution in [2.45, 2.75) is 57.1 Å². The molecule has 172 valence electrons. The van der Waals surface area contributed by atoms with Crippen molar-refractivity contribution in [2.75, 3.05) is 31.9 Å². The number of aromatic nitrogens is 2. The maximum Gasteiger partial charge on any atom is 0.262 e. The van der Waals surface area contributed by atoms with Crippen LogP contribution in [0.15, 0.2) is 34.2 Å². The third kappa shape index (κ3) is 5.34. The average molecular weight is 457 g/mol. The zero-order chi connectivity index (χ0) is 22.5. The molecule has 2 aliphatic rings. The van der Waals surface area contributed by atoms with Crippen molar-refractivity contribution in [3.8, 4) is 0 Å². The number of carbonyl (C=O) groups is 2. The summed E-state index contributed by atoms with van der Waals surface area (Å²) in [5, 5.41) is 1.05. The monoisotopic (exact) mass is 456 g/mol. The quantitative estimate of drug-likeness (QED) is 0.493. The summed E-state index contributed by atoms with van der Waals surface area (Å²) in [5.74, 6) is 1.08. The van der Waals surface area contributed by atoms with Crippen LogP contribution in [0.5, 0.6) is 0 Å². The van der Waals surface area contributed by atoms with Crippen LogP contribution in [0.1, 0.15) is 45.4 Å². The molecule has 7 nitrogen and oxygen atoms in total. The number of hydrogen-bond donors (Lipinski definition) is 0. The Kier molecular flexibility index (Phi) is 7.50.